The van der Waals surface area contributed by atoms with Crippen molar-refractivity contribution in [1.82, 2.24) is 0 Å². The highest BCUT2D eigenvalue weighted by molar-refractivity contribution is 7.99. The first-order valence-electron chi connectivity index (χ1n) is 10.2. The Morgan fingerprint density at radius 1 is 1.13 bits per heavy atom. The van der Waals surface area contributed by atoms with Crippen LogP contribution in [0.1, 0.15) is 34.1 Å². The van der Waals surface area contributed by atoms with Gasteiger partial charge in [0.05, 0.1) is 18.4 Å². The second kappa shape index (κ2) is 9.85. The first kappa shape index (κ1) is 21.9. The topological polar surface area (TPSA) is 50.4 Å². The van der Waals surface area contributed by atoms with E-state index in [2.05, 4.69) is 35.8 Å². The molecule has 0 saturated carbocycles. The van der Waals surface area contributed by atoms with E-state index in [0.29, 0.717) is 16.6 Å². The fourth-order valence-electron chi connectivity index (χ4n) is 3.69. The monoisotopic (exact) mass is 468 g/mol. The summed E-state index contributed by atoms with van der Waals surface area (Å²) in [6, 6.07) is 18.3. The molecule has 0 aliphatic heterocycles. The molecule has 7 heteroatoms. The zero-order valence-corrected chi connectivity index (χ0v) is 19.9. The number of rotatable bonds is 5. The number of methoxy groups -OCH3 is 1. The van der Waals surface area contributed by atoms with Crippen LogP contribution in [0.4, 0.5) is 10.7 Å². The number of carbonyl (C=O) groups is 1. The molecule has 31 heavy (non-hydrogen) atoms. The van der Waals surface area contributed by atoms with E-state index in [9.17, 15) is 4.79 Å². The van der Waals surface area contributed by atoms with Crippen LogP contribution in [-0.2, 0) is 17.6 Å². The minimum Gasteiger partial charge on any atom is -0.465 e. The summed E-state index contributed by atoms with van der Waals surface area (Å²) in [5, 5.41) is 7.79. The second-order valence-electron chi connectivity index (χ2n) is 7.54. The van der Waals surface area contributed by atoms with E-state index < -0.39 is 0 Å². The smallest absolute Gasteiger partial charge is 0.341 e. The lowest BCUT2D eigenvalue weighted by atomic mass is 9.88. The molecule has 2 N–H and O–H groups in total. The molecule has 0 bridgehead atoms. The lowest BCUT2D eigenvalue weighted by Gasteiger charge is -2.18. The molecule has 1 aliphatic rings. The molecule has 1 aliphatic carbocycles. The van der Waals surface area contributed by atoms with Crippen LogP contribution in [0, 0.1) is 5.92 Å². The Kier molecular flexibility index (Phi) is 6.95. The van der Waals surface area contributed by atoms with Gasteiger partial charge in [0, 0.05) is 14.7 Å². The van der Waals surface area contributed by atoms with Gasteiger partial charge >= 0.3 is 5.97 Å². The third-order valence-electron chi connectivity index (χ3n) is 5.23. The van der Waals surface area contributed by atoms with Crippen LogP contribution in [0.2, 0.25) is 0 Å². The average Bonchev–Trinajstić information content (AvgIpc) is 3.11. The molecule has 1 heterocycles. The van der Waals surface area contributed by atoms with Gasteiger partial charge in [0.25, 0.3) is 0 Å². The van der Waals surface area contributed by atoms with E-state index in [-0.39, 0.29) is 5.97 Å². The van der Waals surface area contributed by atoms with E-state index in [1.54, 1.807) is 23.1 Å². The Bertz CT molecular complexity index is 1100. The summed E-state index contributed by atoms with van der Waals surface area (Å²) < 4.78 is 5.07. The Balaban J connectivity index is 1.54. The van der Waals surface area contributed by atoms with Crippen LogP contribution in [-0.4, -0.2) is 18.2 Å². The number of anilines is 2. The molecule has 0 amide bonds. The Hall–Kier alpha value is -2.35. The van der Waals surface area contributed by atoms with Gasteiger partial charge in [0.15, 0.2) is 5.11 Å². The SMILES string of the molecule is COC(=O)c1c(NC(=S)Nc2ccccc2Sc2ccccc2)sc2c1CCC(C)C2. The Morgan fingerprint density at radius 3 is 2.65 bits per heavy atom. The van der Waals surface area contributed by atoms with E-state index in [0.717, 1.165) is 45.3 Å². The van der Waals surface area contributed by atoms with Crippen LogP contribution in [0.15, 0.2) is 64.4 Å². The van der Waals surface area contributed by atoms with Crippen molar-refractivity contribution in [2.24, 2.45) is 5.92 Å². The third-order valence-corrected chi connectivity index (χ3v) is 7.69. The summed E-state index contributed by atoms with van der Waals surface area (Å²) >= 11 is 8.90. The first-order chi connectivity index (χ1) is 15.0. The summed E-state index contributed by atoms with van der Waals surface area (Å²) in [5.74, 6) is 0.314. The van der Waals surface area contributed by atoms with E-state index in [4.69, 9.17) is 17.0 Å². The number of hydrogen-bond donors (Lipinski definition) is 2. The van der Waals surface area contributed by atoms with E-state index >= 15 is 0 Å². The molecular formula is C24H24N2O2S3. The van der Waals surface area contributed by atoms with Crippen LogP contribution in [0.3, 0.4) is 0 Å². The van der Waals surface area contributed by atoms with Crippen molar-refractivity contribution in [3.8, 4) is 0 Å². The third kappa shape index (κ3) is 5.11. The van der Waals surface area contributed by atoms with E-state index in [1.807, 2.05) is 36.4 Å². The van der Waals surface area contributed by atoms with E-state index in [1.165, 1.54) is 12.0 Å². The highest BCUT2D eigenvalue weighted by Gasteiger charge is 2.28. The number of nitrogens with one attached hydrogen (secondary N) is 2. The number of esters is 1. The zero-order chi connectivity index (χ0) is 21.8. The summed E-state index contributed by atoms with van der Waals surface area (Å²) in [4.78, 5) is 16.0. The number of ether oxygens (including phenoxy) is 1. The number of benzene rings is 2. The maximum Gasteiger partial charge on any atom is 0.341 e. The number of para-hydroxylation sites is 1. The van der Waals surface area contributed by atoms with Crippen molar-refractivity contribution in [3.05, 3.63) is 70.6 Å². The average molecular weight is 469 g/mol. The molecule has 4 nitrogen and oxygen atoms in total. The molecule has 0 spiro atoms. The number of thiophene rings is 1. The fraction of sp³-hybridized carbons (Fsp3) is 0.250. The minimum absolute atomic E-state index is 0.308. The standard InChI is InChI=1S/C24H24N2O2S3/c1-15-12-13-17-20(14-15)31-22(21(17)23(27)28-2)26-24(29)25-18-10-6-7-11-19(18)30-16-8-4-3-5-9-16/h3-11,15H,12-14H2,1-2H3,(H2,25,26,29). The molecule has 0 fully saturated rings. The summed E-state index contributed by atoms with van der Waals surface area (Å²) in [7, 11) is 1.43. The molecule has 0 radical (unpaired) electrons. The molecule has 4 rings (SSSR count). The van der Waals surface area contributed by atoms with Crippen LogP contribution in [0.5, 0.6) is 0 Å². The minimum atomic E-state index is -0.308. The largest absolute Gasteiger partial charge is 0.465 e. The van der Waals surface area contributed by atoms with Gasteiger partial charge in [-0.2, -0.15) is 0 Å². The highest BCUT2D eigenvalue weighted by Crippen LogP contribution is 2.40. The summed E-state index contributed by atoms with van der Waals surface area (Å²) in [6.45, 7) is 2.25. The van der Waals surface area contributed by atoms with Crippen molar-refractivity contribution >= 4 is 57.1 Å². The molecule has 0 saturated heterocycles. The number of carbonyl (C=O) groups excluding carboxylic acids is 1. The van der Waals surface area contributed by atoms with Crippen LogP contribution < -0.4 is 10.6 Å². The van der Waals surface area contributed by atoms with Crippen molar-refractivity contribution in [1.29, 1.82) is 0 Å². The second-order valence-corrected chi connectivity index (χ2v) is 10.2. The van der Waals surface area contributed by atoms with Gasteiger partial charge in [0.1, 0.15) is 5.00 Å². The quantitative estimate of drug-likeness (QED) is 0.324. The fourth-order valence-corrected chi connectivity index (χ4v) is 6.29. The van der Waals surface area contributed by atoms with Crippen molar-refractivity contribution in [2.45, 2.75) is 36.0 Å². The summed E-state index contributed by atoms with van der Waals surface area (Å²) in [5.41, 5.74) is 2.66. The van der Waals surface area contributed by atoms with Gasteiger partial charge in [-0.1, -0.05) is 49.0 Å². The van der Waals surface area contributed by atoms with Crippen LogP contribution >= 0.6 is 35.3 Å². The van der Waals surface area contributed by atoms with Gasteiger partial charge < -0.3 is 15.4 Å². The van der Waals surface area contributed by atoms with Crippen molar-refractivity contribution in [3.63, 3.8) is 0 Å². The Morgan fingerprint density at radius 2 is 1.87 bits per heavy atom. The van der Waals surface area contributed by atoms with Gasteiger partial charge in [0.2, 0.25) is 0 Å². The van der Waals surface area contributed by atoms with Gasteiger partial charge in [-0.05, 0) is 67.2 Å². The maximum absolute atomic E-state index is 12.5. The number of thiocarbonyl (C=S) groups is 1. The van der Waals surface area contributed by atoms with Crippen LogP contribution in [0.25, 0.3) is 0 Å². The van der Waals surface area contributed by atoms with Gasteiger partial charge in [-0.25, -0.2) is 4.79 Å². The molecule has 3 aromatic rings. The molecule has 1 unspecified atom stereocenters. The highest BCUT2D eigenvalue weighted by atomic mass is 32.2. The first-order valence-corrected chi connectivity index (χ1v) is 12.2. The zero-order valence-electron chi connectivity index (χ0n) is 17.4. The normalized spacial score (nSPS) is 15.1. The molecule has 2 aromatic carbocycles. The van der Waals surface area contributed by atoms with Gasteiger partial charge in [-0.15, -0.1) is 11.3 Å². The predicted octanol–water partition coefficient (Wildman–Crippen LogP) is 6.62. The maximum atomic E-state index is 12.5. The van der Waals surface area contributed by atoms with Crippen molar-refractivity contribution in [2.75, 3.05) is 17.7 Å². The lowest BCUT2D eigenvalue weighted by molar-refractivity contribution is 0.0601. The predicted molar refractivity (Wildman–Crippen MR) is 134 cm³/mol. The summed E-state index contributed by atoms with van der Waals surface area (Å²) in [6.07, 6.45) is 2.97. The number of fused-ring (bicyclic) bond motifs is 1. The van der Waals surface area contributed by atoms with Gasteiger partial charge in [-0.3, -0.25) is 0 Å². The lowest BCUT2D eigenvalue weighted by Crippen LogP contribution is -2.20. The number of hydrogen-bond acceptors (Lipinski definition) is 5. The Labute approximate surface area is 196 Å². The molecule has 1 atom stereocenters. The molecular weight excluding hydrogens is 444 g/mol. The van der Waals surface area contributed by atoms with Crippen molar-refractivity contribution < 1.29 is 9.53 Å². The molecule has 1 aromatic heterocycles. The molecule has 160 valence electrons.